The van der Waals surface area contributed by atoms with Gasteiger partial charge in [-0.1, -0.05) is 0 Å². The molecule has 0 fully saturated rings. The lowest BCUT2D eigenvalue weighted by atomic mass is 9.83. The Labute approximate surface area is 97.1 Å². The highest BCUT2D eigenvalue weighted by Gasteiger charge is 2.27. The van der Waals surface area contributed by atoms with Crippen LogP contribution in [0.1, 0.15) is 62.0 Å². The van der Waals surface area contributed by atoms with E-state index in [0.29, 0.717) is 18.4 Å². The third-order valence-corrected chi connectivity index (χ3v) is 3.44. The maximum Gasteiger partial charge on any atom is 0.0631 e. The molecule has 0 bridgehead atoms. The van der Waals surface area contributed by atoms with Crippen molar-refractivity contribution in [2.45, 2.75) is 58.4 Å². The summed E-state index contributed by atoms with van der Waals surface area (Å²) >= 11 is 0. The van der Waals surface area contributed by atoms with Crippen molar-refractivity contribution in [3.63, 3.8) is 0 Å². The second kappa shape index (κ2) is 4.29. The zero-order chi connectivity index (χ0) is 11.7. The minimum atomic E-state index is 0.418. The molecule has 1 heterocycles. The number of nitrogens with zero attached hydrogens (tertiary/aromatic N) is 3. The summed E-state index contributed by atoms with van der Waals surface area (Å²) in [5, 5.41) is 13.5. The van der Waals surface area contributed by atoms with Gasteiger partial charge in [-0.25, -0.2) is 0 Å². The van der Waals surface area contributed by atoms with Gasteiger partial charge in [0, 0.05) is 29.6 Å². The van der Waals surface area contributed by atoms with E-state index in [-0.39, 0.29) is 0 Å². The van der Waals surface area contributed by atoms with Crippen molar-refractivity contribution >= 4 is 0 Å². The summed E-state index contributed by atoms with van der Waals surface area (Å²) < 4.78 is 2.15. The average Bonchev–Trinajstić information content (AvgIpc) is 2.58. The highest BCUT2D eigenvalue weighted by Crippen LogP contribution is 2.36. The second-order valence-electron chi connectivity index (χ2n) is 4.94. The topological polar surface area (TPSA) is 41.6 Å². The lowest BCUT2D eigenvalue weighted by Crippen LogP contribution is -2.14. The molecule has 2 rings (SSSR count). The van der Waals surface area contributed by atoms with E-state index < -0.39 is 0 Å². The van der Waals surface area contributed by atoms with Crippen LogP contribution in [0.25, 0.3) is 0 Å². The molecule has 86 valence electrons. The second-order valence-corrected chi connectivity index (χ2v) is 4.94. The normalized spacial score (nSPS) is 19.6. The molecule has 1 unspecified atom stereocenters. The maximum atomic E-state index is 8.87. The molecule has 16 heavy (non-hydrogen) atoms. The van der Waals surface area contributed by atoms with Crippen LogP contribution < -0.4 is 0 Å². The van der Waals surface area contributed by atoms with Gasteiger partial charge in [0.2, 0.25) is 0 Å². The Morgan fingerprint density at radius 2 is 2.31 bits per heavy atom. The molecule has 1 atom stereocenters. The molecule has 1 aliphatic carbocycles. The third-order valence-electron chi connectivity index (χ3n) is 3.44. The van der Waals surface area contributed by atoms with Crippen LogP contribution in [0, 0.1) is 18.3 Å². The van der Waals surface area contributed by atoms with E-state index >= 15 is 0 Å². The Hall–Kier alpha value is -1.30. The van der Waals surface area contributed by atoms with Crippen LogP contribution in [0.3, 0.4) is 0 Å². The van der Waals surface area contributed by atoms with Gasteiger partial charge in [0.25, 0.3) is 0 Å². The summed E-state index contributed by atoms with van der Waals surface area (Å²) in [6.07, 6.45) is 4.09. The van der Waals surface area contributed by atoms with E-state index in [0.717, 1.165) is 18.5 Å². The highest BCUT2D eigenvalue weighted by molar-refractivity contribution is 5.33. The number of aromatic nitrogens is 2. The van der Waals surface area contributed by atoms with Crippen LogP contribution in [0.4, 0.5) is 0 Å². The molecule has 1 aromatic heterocycles. The fourth-order valence-corrected chi connectivity index (χ4v) is 2.79. The standard InChI is InChI=1S/C13H19N3/c1-9(2)16-12-6-4-5-11(7-8-14)13(12)10(3)15-16/h9,11H,4-7H2,1-3H3. The summed E-state index contributed by atoms with van der Waals surface area (Å²) in [6, 6.07) is 2.73. The fourth-order valence-electron chi connectivity index (χ4n) is 2.79. The Bertz CT molecular complexity index is 423. The number of aryl methyl sites for hydroxylation is 1. The van der Waals surface area contributed by atoms with E-state index in [1.165, 1.54) is 17.7 Å². The van der Waals surface area contributed by atoms with Gasteiger partial charge in [-0.05, 0) is 40.0 Å². The number of nitriles is 1. The lowest BCUT2D eigenvalue weighted by molar-refractivity contribution is 0.478. The predicted octanol–water partition coefficient (Wildman–Crippen LogP) is 3.11. The summed E-state index contributed by atoms with van der Waals surface area (Å²) in [4.78, 5) is 0. The monoisotopic (exact) mass is 217 g/mol. The first-order chi connectivity index (χ1) is 7.65. The molecule has 0 saturated heterocycles. The van der Waals surface area contributed by atoms with E-state index in [4.69, 9.17) is 5.26 Å². The SMILES string of the molecule is Cc1nn(C(C)C)c2c1C(CC#N)CCC2. The zero-order valence-corrected chi connectivity index (χ0v) is 10.3. The highest BCUT2D eigenvalue weighted by atomic mass is 15.3. The van der Waals surface area contributed by atoms with Crippen molar-refractivity contribution in [2.75, 3.05) is 0 Å². The van der Waals surface area contributed by atoms with Gasteiger partial charge in [-0.3, -0.25) is 4.68 Å². The van der Waals surface area contributed by atoms with Gasteiger partial charge >= 0.3 is 0 Å². The van der Waals surface area contributed by atoms with Crippen molar-refractivity contribution in [2.24, 2.45) is 0 Å². The number of hydrogen-bond donors (Lipinski definition) is 0. The fraction of sp³-hybridized carbons (Fsp3) is 0.692. The lowest BCUT2D eigenvalue weighted by Gasteiger charge is -2.22. The molecule has 0 amide bonds. The number of fused-ring (bicyclic) bond motifs is 1. The summed E-state index contributed by atoms with van der Waals surface area (Å²) in [7, 11) is 0. The smallest absolute Gasteiger partial charge is 0.0631 e. The van der Waals surface area contributed by atoms with Crippen molar-refractivity contribution in [1.29, 1.82) is 5.26 Å². The molecule has 0 spiro atoms. The van der Waals surface area contributed by atoms with Crippen molar-refractivity contribution < 1.29 is 0 Å². The van der Waals surface area contributed by atoms with Crippen LogP contribution in [0.5, 0.6) is 0 Å². The summed E-state index contributed by atoms with van der Waals surface area (Å²) in [5.74, 6) is 0.418. The van der Waals surface area contributed by atoms with Gasteiger partial charge in [0.1, 0.15) is 0 Å². The van der Waals surface area contributed by atoms with Crippen molar-refractivity contribution in [1.82, 2.24) is 9.78 Å². The predicted molar refractivity (Wildman–Crippen MR) is 63.3 cm³/mol. The molecule has 1 aliphatic rings. The van der Waals surface area contributed by atoms with E-state index in [9.17, 15) is 0 Å². The van der Waals surface area contributed by atoms with Crippen LogP contribution in [0.15, 0.2) is 0 Å². The van der Waals surface area contributed by atoms with E-state index in [1.54, 1.807) is 0 Å². The quantitative estimate of drug-likeness (QED) is 0.763. The number of hydrogen-bond acceptors (Lipinski definition) is 2. The Morgan fingerprint density at radius 1 is 1.56 bits per heavy atom. The first-order valence-corrected chi connectivity index (χ1v) is 6.10. The molecular weight excluding hydrogens is 198 g/mol. The summed E-state index contributed by atoms with van der Waals surface area (Å²) in [5.41, 5.74) is 3.86. The van der Waals surface area contributed by atoms with Crippen LogP contribution in [-0.4, -0.2) is 9.78 Å². The van der Waals surface area contributed by atoms with E-state index in [1.807, 2.05) is 0 Å². The van der Waals surface area contributed by atoms with Gasteiger partial charge in [-0.2, -0.15) is 10.4 Å². The van der Waals surface area contributed by atoms with Crippen LogP contribution in [0.2, 0.25) is 0 Å². The van der Waals surface area contributed by atoms with E-state index in [2.05, 4.69) is 36.6 Å². The minimum Gasteiger partial charge on any atom is -0.267 e. The largest absolute Gasteiger partial charge is 0.267 e. The Kier molecular flexibility index (Phi) is 3.00. The molecule has 0 radical (unpaired) electrons. The summed E-state index contributed by atoms with van der Waals surface area (Å²) in [6.45, 7) is 6.41. The first-order valence-electron chi connectivity index (χ1n) is 6.10. The molecule has 0 aromatic carbocycles. The first kappa shape index (κ1) is 11.2. The molecular formula is C13H19N3. The maximum absolute atomic E-state index is 8.87. The molecule has 0 saturated carbocycles. The van der Waals surface area contributed by atoms with Crippen molar-refractivity contribution in [3.8, 4) is 6.07 Å². The third kappa shape index (κ3) is 1.73. The van der Waals surface area contributed by atoms with Crippen molar-refractivity contribution in [3.05, 3.63) is 17.0 Å². The molecule has 0 aliphatic heterocycles. The zero-order valence-electron chi connectivity index (χ0n) is 10.3. The van der Waals surface area contributed by atoms with Gasteiger partial charge < -0.3 is 0 Å². The van der Waals surface area contributed by atoms with Crippen LogP contribution >= 0.6 is 0 Å². The van der Waals surface area contributed by atoms with Gasteiger partial charge in [-0.15, -0.1) is 0 Å². The minimum absolute atomic E-state index is 0.418. The Morgan fingerprint density at radius 3 is 2.94 bits per heavy atom. The molecule has 1 aromatic rings. The number of rotatable bonds is 2. The van der Waals surface area contributed by atoms with Gasteiger partial charge in [0.05, 0.1) is 11.8 Å². The van der Waals surface area contributed by atoms with Gasteiger partial charge in [0.15, 0.2) is 0 Å². The average molecular weight is 217 g/mol. The molecule has 3 nitrogen and oxygen atoms in total. The molecule has 0 N–H and O–H groups in total. The Balaban J connectivity index is 2.45. The van der Waals surface area contributed by atoms with Crippen LogP contribution in [-0.2, 0) is 6.42 Å². The molecule has 3 heteroatoms.